The average molecular weight is 310 g/mol. The van der Waals surface area contributed by atoms with Gasteiger partial charge in [-0.05, 0) is 38.5 Å². The topological polar surface area (TPSA) is 23.6 Å². The lowest BCUT2D eigenvalue weighted by Crippen LogP contribution is -2.42. The van der Waals surface area contributed by atoms with Crippen LogP contribution in [0.2, 0.25) is 0 Å². The van der Waals surface area contributed by atoms with Crippen molar-refractivity contribution in [3.05, 3.63) is 66.2 Å². The third kappa shape index (κ3) is 4.93. The highest BCUT2D eigenvalue weighted by atomic mass is 16.2. The Balaban J connectivity index is 2.08. The monoisotopic (exact) mass is 310 g/mol. The van der Waals surface area contributed by atoms with Gasteiger partial charge in [-0.25, -0.2) is 0 Å². The van der Waals surface area contributed by atoms with Crippen LogP contribution in [0.4, 0.5) is 5.69 Å². The Morgan fingerprint density at radius 2 is 1.52 bits per heavy atom. The molecule has 0 N–H and O–H groups in total. The molecule has 3 nitrogen and oxygen atoms in total. The Hall–Kier alpha value is -2.13. The second-order valence-electron chi connectivity index (χ2n) is 5.96. The molecule has 2 aromatic carbocycles. The van der Waals surface area contributed by atoms with Crippen LogP contribution >= 0.6 is 0 Å². The van der Waals surface area contributed by atoms with E-state index >= 15 is 0 Å². The van der Waals surface area contributed by atoms with Gasteiger partial charge < -0.3 is 4.90 Å². The van der Waals surface area contributed by atoms with Gasteiger partial charge in [0.05, 0.1) is 6.54 Å². The molecule has 0 heterocycles. The Morgan fingerprint density at radius 1 is 0.957 bits per heavy atom. The molecule has 0 fully saturated rings. The summed E-state index contributed by atoms with van der Waals surface area (Å²) in [4.78, 5) is 16.8. The summed E-state index contributed by atoms with van der Waals surface area (Å²) in [6.45, 7) is 8.18. The van der Waals surface area contributed by atoms with E-state index in [2.05, 4.69) is 30.9 Å². The van der Waals surface area contributed by atoms with Crippen molar-refractivity contribution in [3.63, 3.8) is 0 Å². The van der Waals surface area contributed by atoms with Crippen molar-refractivity contribution in [2.24, 2.45) is 0 Å². The molecule has 0 aliphatic rings. The molecule has 0 unspecified atom stereocenters. The van der Waals surface area contributed by atoms with E-state index in [1.807, 2.05) is 60.4 Å². The summed E-state index contributed by atoms with van der Waals surface area (Å²) in [5, 5.41) is 0. The van der Waals surface area contributed by atoms with Gasteiger partial charge in [0, 0.05) is 24.8 Å². The van der Waals surface area contributed by atoms with E-state index in [4.69, 9.17) is 0 Å². The average Bonchev–Trinajstić information content (AvgIpc) is 2.57. The minimum absolute atomic E-state index is 0.142. The van der Waals surface area contributed by atoms with Gasteiger partial charge in [0.2, 0.25) is 5.91 Å². The van der Waals surface area contributed by atoms with Gasteiger partial charge in [-0.15, -0.1) is 0 Å². The van der Waals surface area contributed by atoms with E-state index in [1.165, 1.54) is 5.56 Å². The van der Waals surface area contributed by atoms with E-state index in [-0.39, 0.29) is 5.91 Å². The first-order valence-corrected chi connectivity index (χ1v) is 8.25. The molecule has 0 bridgehead atoms. The molecule has 2 rings (SSSR count). The third-order valence-electron chi connectivity index (χ3n) is 3.98. The van der Waals surface area contributed by atoms with Gasteiger partial charge in [-0.2, -0.15) is 0 Å². The molecular weight excluding hydrogens is 284 g/mol. The van der Waals surface area contributed by atoms with Crippen LogP contribution in [0.1, 0.15) is 26.3 Å². The van der Waals surface area contributed by atoms with Crippen LogP contribution in [-0.4, -0.2) is 29.9 Å². The fraction of sp³-hybridized carbons (Fsp3) is 0.350. The van der Waals surface area contributed by atoms with E-state index in [9.17, 15) is 4.79 Å². The minimum Gasteiger partial charge on any atom is -0.312 e. The summed E-state index contributed by atoms with van der Waals surface area (Å²) >= 11 is 0. The van der Waals surface area contributed by atoms with Gasteiger partial charge in [0.25, 0.3) is 0 Å². The van der Waals surface area contributed by atoms with E-state index in [1.54, 1.807) is 0 Å². The standard InChI is InChI=1S/C20H26N2O/c1-4-22(19-13-9-6-10-14-19)20(23)16-21(17(2)3)15-18-11-7-5-8-12-18/h5-14,17H,4,15-16H2,1-3H3. The van der Waals surface area contributed by atoms with Crippen LogP contribution in [0.3, 0.4) is 0 Å². The molecule has 0 spiro atoms. The molecule has 1 amide bonds. The van der Waals surface area contributed by atoms with Crippen LogP contribution in [0.25, 0.3) is 0 Å². The van der Waals surface area contributed by atoms with Gasteiger partial charge >= 0.3 is 0 Å². The van der Waals surface area contributed by atoms with Crippen molar-refractivity contribution in [2.75, 3.05) is 18.0 Å². The van der Waals surface area contributed by atoms with Gasteiger partial charge in [0.15, 0.2) is 0 Å². The normalized spacial score (nSPS) is 11.0. The second-order valence-corrected chi connectivity index (χ2v) is 5.96. The highest BCUT2D eigenvalue weighted by molar-refractivity contribution is 5.94. The van der Waals surface area contributed by atoms with Crippen LogP contribution < -0.4 is 4.90 Å². The zero-order valence-corrected chi connectivity index (χ0v) is 14.3. The van der Waals surface area contributed by atoms with Crippen molar-refractivity contribution in [3.8, 4) is 0 Å². The first kappa shape index (κ1) is 17.2. The molecule has 0 aliphatic heterocycles. The molecule has 0 aromatic heterocycles. The highest BCUT2D eigenvalue weighted by Gasteiger charge is 2.19. The number of carbonyl (C=O) groups is 1. The molecule has 0 saturated heterocycles. The van der Waals surface area contributed by atoms with Gasteiger partial charge in [0.1, 0.15) is 0 Å². The summed E-state index contributed by atoms with van der Waals surface area (Å²) < 4.78 is 0. The summed E-state index contributed by atoms with van der Waals surface area (Å²) in [5.74, 6) is 0.142. The first-order valence-electron chi connectivity index (χ1n) is 8.25. The largest absolute Gasteiger partial charge is 0.312 e. The molecule has 0 saturated carbocycles. The van der Waals surface area contributed by atoms with Crippen LogP contribution in [0.5, 0.6) is 0 Å². The first-order chi connectivity index (χ1) is 11.1. The summed E-state index contributed by atoms with van der Waals surface area (Å²) in [6.07, 6.45) is 0. The van der Waals surface area contributed by atoms with Gasteiger partial charge in [-0.1, -0.05) is 48.5 Å². The zero-order chi connectivity index (χ0) is 16.7. The number of anilines is 1. The molecule has 3 heteroatoms. The number of para-hydroxylation sites is 1. The quantitative estimate of drug-likeness (QED) is 0.773. The Labute approximate surface area is 139 Å². The van der Waals surface area contributed by atoms with Crippen LogP contribution in [0, 0.1) is 0 Å². The second kappa shape index (κ2) is 8.49. The van der Waals surface area contributed by atoms with Crippen molar-refractivity contribution in [1.82, 2.24) is 4.90 Å². The Morgan fingerprint density at radius 3 is 2.04 bits per heavy atom. The number of nitrogens with zero attached hydrogens (tertiary/aromatic N) is 2. The van der Waals surface area contributed by atoms with Gasteiger partial charge in [-0.3, -0.25) is 9.69 Å². The fourth-order valence-corrected chi connectivity index (χ4v) is 2.61. The van der Waals surface area contributed by atoms with E-state index in [0.717, 1.165) is 12.2 Å². The van der Waals surface area contributed by atoms with Crippen molar-refractivity contribution in [1.29, 1.82) is 0 Å². The number of likely N-dealkylation sites (N-methyl/N-ethyl adjacent to an activating group) is 1. The lowest BCUT2D eigenvalue weighted by Gasteiger charge is -2.29. The van der Waals surface area contributed by atoms with Crippen molar-refractivity contribution >= 4 is 11.6 Å². The lowest BCUT2D eigenvalue weighted by molar-refractivity contribution is -0.120. The van der Waals surface area contributed by atoms with Crippen LogP contribution in [-0.2, 0) is 11.3 Å². The van der Waals surface area contributed by atoms with E-state index in [0.29, 0.717) is 19.1 Å². The SMILES string of the molecule is CCN(C(=O)CN(Cc1ccccc1)C(C)C)c1ccccc1. The molecule has 122 valence electrons. The maximum absolute atomic E-state index is 12.8. The fourth-order valence-electron chi connectivity index (χ4n) is 2.61. The van der Waals surface area contributed by atoms with Crippen molar-refractivity contribution < 1.29 is 4.79 Å². The molecule has 23 heavy (non-hydrogen) atoms. The number of hydrogen-bond donors (Lipinski definition) is 0. The smallest absolute Gasteiger partial charge is 0.241 e. The maximum atomic E-state index is 12.8. The number of carbonyl (C=O) groups excluding carboxylic acids is 1. The maximum Gasteiger partial charge on any atom is 0.241 e. The number of benzene rings is 2. The number of rotatable bonds is 7. The highest BCUT2D eigenvalue weighted by Crippen LogP contribution is 2.15. The summed E-state index contributed by atoms with van der Waals surface area (Å²) in [6, 6.07) is 20.5. The minimum atomic E-state index is 0.142. The molecule has 2 aromatic rings. The Bertz CT molecular complexity index is 596. The molecule has 0 radical (unpaired) electrons. The summed E-state index contributed by atoms with van der Waals surface area (Å²) in [7, 11) is 0. The predicted molar refractivity (Wildman–Crippen MR) is 96.5 cm³/mol. The molecule has 0 aliphatic carbocycles. The number of amides is 1. The zero-order valence-electron chi connectivity index (χ0n) is 14.3. The van der Waals surface area contributed by atoms with Crippen LogP contribution in [0.15, 0.2) is 60.7 Å². The van der Waals surface area contributed by atoms with Crippen molar-refractivity contribution in [2.45, 2.75) is 33.4 Å². The number of hydrogen-bond acceptors (Lipinski definition) is 2. The molecule has 0 atom stereocenters. The van der Waals surface area contributed by atoms with E-state index < -0.39 is 0 Å². The summed E-state index contributed by atoms with van der Waals surface area (Å²) in [5.41, 5.74) is 2.19. The third-order valence-corrected chi connectivity index (χ3v) is 3.98. The predicted octanol–water partition coefficient (Wildman–Crippen LogP) is 3.95. The lowest BCUT2D eigenvalue weighted by atomic mass is 10.2. The Kier molecular flexibility index (Phi) is 6.36. The molecular formula is C20H26N2O.